The first-order valence-corrected chi connectivity index (χ1v) is 14.2. The van der Waals surface area contributed by atoms with E-state index >= 15 is 0 Å². The first kappa shape index (κ1) is 22.4. The third-order valence-corrected chi connectivity index (χ3v) is 8.76. The lowest BCUT2D eigenvalue weighted by atomic mass is 9.84. The summed E-state index contributed by atoms with van der Waals surface area (Å²) in [5, 5.41) is 12.7. The Bertz CT molecular complexity index is 2420. The van der Waals surface area contributed by atoms with Gasteiger partial charge in [-0.2, -0.15) is 0 Å². The van der Waals surface area contributed by atoms with Gasteiger partial charge in [-0.15, -0.1) is 0 Å². The van der Waals surface area contributed by atoms with Crippen LogP contribution in [0, 0.1) is 0 Å². The molecule has 1 heteroatoms. The number of fused-ring (bicyclic) bond motifs is 8. The second-order valence-electron chi connectivity index (χ2n) is 11.0. The highest BCUT2D eigenvalue weighted by Gasteiger charge is 2.20. The fourth-order valence-corrected chi connectivity index (χ4v) is 6.98. The van der Waals surface area contributed by atoms with Crippen LogP contribution in [0.15, 0.2) is 146 Å². The first-order valence-electron chi connectivity index (χ1n) is 14.2. The molecule has 0 bridgehead atoms. The van der Waals surface area contributed by atoms with Crippen molar-refractivity contribution >= 4 is 64.9 Å². The Kier molecular flexibility index (Phi) is 4.67. The molecule has 0 saturated carbocycles. The van der Waals surface area contributed by atoms with E-state index < -0.39 is 0 Å². The quantitative estimate of drug-likeness (QED) is 0.219. The van der Waals surface area contributed by atoms with Gasteiger partial charge in [0.15, 0.2) is 0 Å². The molecule has 0 amide bonds. The van der Waals surface area contributed by atoms with Crippen molar-refractivity contribution in [3.63, 3.8) is 0 Å². The minimum atomic E-state index is 1.17. The van der Waals surface area contributed by atoms with E-state index in [0.717, 1.165) is 0 Å². The first-order chi connectivity index (χ1) is 20.3. The van der Waals surface area contributed by atoms with Crippen molar-refractivity contribution in [1.82, 2.24) is 4.98 Å². The van der Waals surface area contributed by atoms with Gasteiger partial charge in [0.25, 0.3) is 0 Å². The smallest absolute Gasteiger partial charge is 0.0544 e. The zero-order valence-electron chi connectivity index (χ0n) is 22.4. The van der Waals surface area contributed by atoms with Gasteiger partial charge in [-0.25, -0.2) is 0 Å². The van der Waals surface area contributed by atoms with Crippen LogP contribution in [0.1, 0.15) is 0 Å². The maximum Gasteiger partial charge on any atom is 0.0544 e. The zero-order chi connectivity index (χ0) is 26.9. The van der Waals surface area contributed by atoms with Crippen LogP contribution >= 0.6 is 0 Å². The molecule has 0 radical (unpaired) electrons. The third-order valence-electron chi connectivity index (χ3n) is 8.76. The molecule has 0 fully saturated rings. The summed E-state index contributed by atoms with van der Waals surface area (Å²) in [5.41, 5.74) is 7.47. The van der Waals surface area contributed by atoms with Crippen LogP contribution in [0.25, 0.3) is 87.1 Å². The molecule has 0 atom stereocenters. The van der Waals surface area contributed by atoms with Gasteiger partial charge in [-0.1, -0.05) is 133 Å². The van der Waals surface area contributed by atoms with Crippen LogP contribution in [-0.2, 0) is 0 Å². The summed E-state index contributed by atoms with van der Waals surface area (Å²) in [6.07, 6.45) is 0. The molecule has 8 aromatic carbocycles. The molecule has 41 heavy (non-hydrogen) atoms. The summed E-state index contributed by atoms with van der Waals surface area (Å²) < 4.78 is 0. The standard InChI is InChI=1S/C40H25N/c1-2-12-27-24-28(21-20-25(27)10-1)37-30-14-5-7-16-32(30)38(33-17-8-6-15-31(33)37)34-18-9-19-36-39(34)35-23-22-26-11-3-4-13-29(26)40(35)41-36/h1-24,41H. The summed E-state index contributed by atoms with van der Waals surface area (Å²) in [4.78, 5) is 3.78. The maximum atomic E-state index is 3.78. The second-order valence-corrected chi connectivity index (χ2v) is 11.0. The molecule has 9 aromatic rings. The van der Waals surface area contributed by atoms with E-state index in [4.69, 9.17) is 0 Å². The monoisotopic (exact) mass is 519 g/mol. The second kappa shape index (κ2) is 8.55. The molecule has 0 aliphatic rings. The molecule has 0 spiro atoms. The molecule has 0 aliphatic heterocycles. The van der Waals surface area contributed by atoms with Crippen molar-refractivity contribution < 1.29 is 0 Å². The van der Waals surface area contributed by atoms with Gasteiger partial charge >= 0.3 is 0 Å². The molecular weight excluding hydrogens is 494 g/mol. The Hall–Kier alpha value is -5.40. The lowest BCUT2D eigenvalue weighted by Gasteiger charge is -2.18. The number of aromatic amines is 1. The lowest BCUT2D eigenvalue weighted by Crippen LogP contribution is -1.91. The predicted octanol–water partition coefficient (Wildman–Crippen LogP) is 11.3. The summed E-state index contributed by atoms with van der Waals surface area (Å²) in [6, 6.07) is 53.2. The van der Waals surface area contributed by atoms with Crippen molar-refractivity contribution in [3.05, 3.63) is 146 Å². The number of H-pyrrole nitrogens is 1. The minimum absolute atomic E-state index is 1.17. The summed E-state index contributed by atoms with van der Waals surface area (Å²) >= 11 is 0. The molecule has 0 saturated heterocycles. The number of benzene rings is 8. The van der Waals surface area contributed by atoms with E-state index in [0.29, 0.717) is 0 Å². The van der Waals surface area contributed by atoms with E-state index in [1.54, 1.807) is 0 Å². The molecule has 1 aromatic heterocycles. The Morgan fingerprint density at radius 3 is 1.68 bits per heavy atom. The minimum Gasteiger partial charge on any atom is -0.354 e. The van der Waals surface area contributed by atoms with Crippen molar-refractivity contribution in [2.24, 2.45) is 0 Å². The normalized spacial score (nSPS) is 11.9. The van der Waals surface area contributed by atoms with Crippen molar-refractivity contribution in [1.29, 1.82) is 0 Å². The van der Waals surface area contributed by atoms with Crippen LogP contribution in [0.4, 0.5) is 0 Å². The summed E-state index contributed by atoms with van der Waals surface area (Å²) in [5.74, 6) is 0. The van der Waals surface area contributed by atoms with E-state index in [2.05, 4.69) is 151 Å². The molecule has 1 N–H and O–H groups in total. The maximum absolute atomic E-state index is 3.78. The molecule has 1 nitrogen and oxygen atoms in total. The van der Waals surface area contributed by atoms with E-state index in [-0.39, 0.29) is 0 Å². The molecule has 190 valence electrons. The molecule has 9 rings (SSSR count). The fraction of sp³-hybridized carbons (Fsp3) is 0. The summed E-state index contributed by atoms with van der Waals surface area (Å²) in [7, 11) is 0. The predicted molar refractivity (Wildman–Crippen MR) is 177 cm³/mol. The average molecular weight is 520 g/mol. The Morgan fingerprint density at radius 1 is 0.366 bits per heavy atom. The van der Waals surface area contributed by atoms with Gasteiger partial charge in [0.2, 0.25) is 0 Å². The average Bonchev–Trinajstić information content (AvgIpc) is 3.43. The topological polar surface area (TPSA) is 15.8 Å². The third kappa shape index (κ3) is 3.24. The van der Waals surface area contributed by atoms with Crippen LogP contribution in [0.2, 0.25) is 0 Å². The van der Waals surface area contributed by atoms with Gasteiger partial charge in [-0.05, 0) is 72.1 Å². The van der Waals surface area contributed by atoms with E-state index in [9.17, 15) is 0 Å². The zero-order valence-corrected chi connectivity index (χ0v) is 22.4. The van der Waals surface area contributed by atoms with Crippen molar-refractivity contribution in [2.75, 3.05) is 0 Å². The van der Waals surface area contributed by atoms with Crippen molar-refractivity contribution in [2.45, 2.75) is 0 Å². The lowest BCUT2D eigenvalue weighted by molar-refractivity contribution is 1.56. The largest absolute Gasteiger partial charge is 0.354 e. The number of rotatable bonds is 2. The molecule has 0 aliphatic carbocycles. The molecule has 0 unspecified atom stereocenters. The summed E-state index contributed by atoms with van der Waals surface area (Å²) in [6.45, 7) is 0. The number of aromatic nitrogens is 1. The highest BCUT2D eigenvalue weighted by Crippen LogP contribution is 2.47. The van der Waals surface area contributed by atoms with Gasteiger partial charge < -0.3 is 4.98 Å². The molecule has 1 heterocycles. The Morgan fingerprint density at radius 2 is 0.951 bits per heavy atom. The Balaban J connectivity index is 1.43. The number of hydrogen-bond donors (Lipinski definition) is 1. The van der Waals surface area contributed by atoms with Gasteiger partial charge in [0.05, 0.1) is 5.52 Å². The van der Waals surface area contributed by atoms with E-state index in [1.807, 2.05) is 0 Å². The van der Waals surface area contributed by atoms with Crippen molar-refractivity contribution in [3.8, 4) is 22.3 Å². The number of hydrogen-bond acceptors (Lipinski definition) is 0. The molecular formula is C40H25N. The van der Waals surface area contributed by atoms with Gasteiger partial charge in [0.1, 0.15) is 0 Å². The number of nitrogens with one attached hydrogen (secondary N) is 1. The highest BCUT2D eigenvalue weighted by atomic mass is 14.7. The van der Waals surface area contributed by atoms with Crippen LogP contribution in [0.3, 0.4) is 0 Å². The highest BCUT2D eigenvalue weighted by molar-refractivity contribution is 6.27. The van der Waals surface area contributed by atoms with Gasteiger partial charge in [-0.3, -0.25) is 0 Å². The van der Waals surface area contributed by atoms with Crippen LogP contribution in [-0.4, -0.2) is 4.98 Å². The Labute approximate surface area is 237 Å². The van der Waals surface area contributed by atoms with E-state index in [1.165, 1.54) is 87.1 Å². The van der Waals surface area contributed by atoms with Crippen LogP contribution < -0.4 is 0 Å². The fourth-order valence-electron chi connectivity index (χ4n) is 6.98. The van der Waals surface area contributed by atoms with Crippen LogP contribution in [0.5, 0.6) is 0 Å². The SMILES string of the molecule is c1ccc2cc(-c3c4ccccc4c(-c4cccc5[nH]c6c7ccccc7ccc6c45)c4ccccc34)ccc2c1. The van der Waals surface area contributed by atoms with Gasteiger partial charge in [0, 0.05) is 21.7 Å².